The molecular formula is C15H21N3O. The van der Waals surface area contributed by atoms with Crippen molar-refractivity contribution in [2.45, 2.75) is 25.8 Å². The van der Waals surface area contributed by atoms with Crippen LogP contribution in [0.15, 0.2) is 30.6 Å². The van der Waals surface area contributed by atoms with E-state index in [0.29, 0.717) is 0 Å². The molecule has 0 spiro atoms. The van der Waals surface area contributed by atoms with Crippen LogP contribution in [0.25, 0.3) is 0 Å². The summed E-state index contributed by atoms with van der Waals surface area (Å²) in [5, 5.41) is 4.17. The minimum absolute atomic E-state index is 0.0185. The Morgan fingerprint density at radius 2 is 2.21 bits per heavy atom. The molecule has 1 atom stereocenters. The van der Waals surface area contributed by atoms with Gasteiger partial charge in [0, 0.05) is 24.8 Å². The molecule has 2 N–H and O–H groups in total. The zero-order valence-electron chi connectivity index (χ0n) is 11.8. The van der Waals surface area contributed by atoms with Crippen LogP contribution in [-0.4, -0.2) is 16.9 Å². The van der Waals surface area contributed by atoms with E-state index in [9.17, 15) is 0 Å². The van der Waals surface area contributed by atoms with E-state index in [1.165, 1.54) is 11.1 Å². The summed E-state index contributed by atoms with van der Waals surface area (Å²) < 4.78 is 7.19. The fraction of sp³-hybridized carbons (Fsp3) is 0.400. The van der Waals surface area contributed by atoms with Gasteiger partial charge in [0.15, 0.2) is 0 Å². The lowest BCUT2D eigenvalue weighted by Crippen LogP contribution is -2.12. The largest absolute Gasteiger partial charge is 0.496 e. The Morgan fingerprint density at radius 3 is 2.84 bits per heavy atom. The van der Waals surface area contributed by atoms with Crippen molar-refractivity contribution in [1.29, 1.82) is 0 Å². The van der Waals surface area contributed by atoms with Gasteiger partial charge in [0.25, 0.3) is 0 Å². The van der Waals surface area contributed by atoms with Gasteiger partial charge in [0.05, 0.1) is 13.3 Å². The van der Waals surface area contributed by atoms with Crippen LogP contribution in [-0.2, 0) is 13.5 Å². The molecule has 19 heavy (non-hydrogen) atoms. The summed E-state index contributed by atoms with van der Waals surface area (Å²) in [5.41, 5.74) is 9.78. The van der Waals surface area contributed by atoms with Gasteiger partial charge in [-0.25, -0.2) is 0 Å². The number of rotatable bonds is 5. The molecule has 0 fully saturated rings. The molecule has 0 radical (unpaired) electrons. The Morgan fingerprint density at radius 1 is 1.42 bits per heavy atom. The van der Waals surface area contributed by atoms with Crippen LogP contribution in [0.2, 0.25) is 0 Å². The maximum Gasteiger partial charge on any atom is 0.123 e. The number of hydrogen-bond donors (Lipinski definition) is 1. The van der Waals surface area contributed by atoms with Crippen molar-refractivity contribution in [3.63, 3.8) is 0 Å². The number of nitrogens with zero attached hydrogens (tertiary/aromatic N) is 2. The van der Waals surface area contributed by atoms with E-state index in [0.717, 1.165) is 24.2 Å². The number of hydrogen-bond acceptors (Lipinski definition) is 3. The Labute approximate surface area is 114 Å². The van der Waals surface area contributed by atoms with E-state index in [4.69, 9.17) is 10.5 Å². The molecule has 1 unspecified atom stereocenters. The van der Waals surface area contributed by atoms with Crippen LogP contribution < -0.4 is 10.5 Å². The first kappa shape index (κ1) is 13.6. The van der Waals surface area contributed by atoms with Gasteiger partial charge in [-0.3, -0.25) is 4.68 Å². The predicted octanol–water partition coefficient (Wildman–Crippen LogP) is 2.37. The van der Waals surface area contributed by atoms with Crippen molar-refractivity contribution in [2.24, 2.45) is 12.8 Å². The zero-order chi connectivity index (χ0) is 13.8. The molecule has 0 saturated heterocycles. The van der Waals surface area contributed by atoms with Crippen LogP contribution in [0, 0.1) is 6.92 Å². The molecular weight excluding hydrogens is 238 g/mol. The van der Waals surface area contributed by atoms with Gasteiger partial charge in [0.1, 0.15) is 5.75 Å². The number of nitrogens with two attached hydrogens (primary N) is 1. The molecule has 0 aliphatic carbocycles. The van der Waals surface area contributed by atoms with Crippen molar-refractivity contribution in [1.82, 2.24) is 9.78 Å². The van der Waals surface area contributed by atoms with Gasteiger partial charge in [-0.1, -0.05) is 17.7 Å². The van der Waals surface area contributed by atoms with Gasteiger partial charge in [-0.2, -0.15) is 5.10 Å². The average Bonchev–Trinajstić information content (AvgIpc) is 2.81. The summed E-state index contributed by atoms with van der Waals surface area (Å²) >= 11 is 0. The highest BCUT2D eigenvalue weighted by Crippen LogP contribution is 2.27. The van der Waals surface area contributed by atoms with Crippen LogP contribution in [0.4, 0.5) is 0 Å². The van der Waals surface area contributed by atoms with Crippen LogP contribution in [0.3, 0.4) is 0 Å². The van der Waals surface area contributed by atoms with E-state index >= 15 is 0 Å². The first-order valence-electron chi connectivity index (χ1n) is 6.48. The molecule has 0 saturated carbocycles. The topological polar surface area (TPSA) is 53.1 Å². The van der Waals surface area contributed by atoms with Gasteiger partial charge >= 0.3 is 0 Å². The standard InChI is InChI=1S/C15H21N3O/c1-11-4-7-15(19-3)13(8-11)14(16)6-5-12-9-17-18(2)10-12/h4,7-10,14H,5-6,16H2,1-3H3. The first-order chi connectivity index (χ1) is 9.10. The highest BCUT2D eigenvalue weighted by Gasteiger charge is 2.12. The molecule has 0 aliphatic heterocycles. The summed E-state index contributed by atoms with van der Waals surface area (Å²) in [6.07, 6.45) is 5.72. The summed E-state index contributed by atoms with van der Waals surface area (Å²) in [5.74, 6) is 0.865. The lowest BCUT2D eigenvalue weighted by molar-refractivity contribution is 0.404. The summed E-state index contributed by atoms with van der Waals surface area (Å²) in [4.78, 5) is 0. The van der Waals surface area contributed by atoms with Crippen LogP contribution in [0.5, 0.6) is 5.75 Å². The Kier molecular flexibility index (Phi) is 4.22. The van der Waals surface area contributed by atoms with Crippen LogP contribution in [0.1, 0.15) is 29.2 Å². The van der Waals surface area contributed by atoms with E-state index < -0.39 is 0 Å². The van der Waals surface area contributed by atoms with E-state index in [1.807, 2.05) is 36.3 Å². The number of aryl methyl sites for hydroxylation is 3. The Bertz CT molecular complexity index is 548. The van der Waals surface area contributed by atoms with E-state index in [-0.39, 0.29) is 6.04 Å². The monoisotopic (exact) mass is 259 g/mol. The molecule has 0 aliphatic rings. The first-order valence-corrected chi connectivity index (χ1v) is 6.48. The number of ether oxygens (including phenoxy) is 1. The second kappa shape index (κ2) is 5.89. The highest BCUT2D eigenvalue weighted by molar-refractivity contribution is 5.39. The number of methoxy groups -OCH3 is 1. The average molecular weight is 259 g/mol. The quantitative estimate of drug-likeness (QED) is 0.897. The Hall–Kier alpha value is -1.81. The zero-order valence-corrected chi connectivity index (χ0v) is 11.8. The third kappa shape index (κ3) is 3.35. The smallest absolute Gasteiger partial charge is 0.123 e. The lowest BCUT2D eigenvalue weighted by atomic mass is 9.98. The van der Waals surface area contributed by atoms with Crippen molar-refractivity contribution >= 4 is 0 Å². The summed E-state index contributed by atoms with van der Waals surface area (Å²) in [7, 11) is 3.61. The van der Waals surface area contributed by atoms with E-state index in [2.05, 4.69) is 18.1 Å². The third-order valence-corrected chi connectivity index (χ3v) is 3.29. The molecule has 1 aromatic carbocycles. The second-order valence-electron chi connectivity index (χ2n) is 4.91. The number of aromatic nitrogens is 2. The maximum absolute atomic E-state index is 6.29. The van der Waals surface area contributed by atoms with E-state index in [1.54, 1.807) is 7.11 Å². The van der Waals surface area contributed by atoms with Gasteiger partial charge in [-0.05, 0) is 31.4 Å². The Balaban J connectivity index is 2.06. The molecule has 4 heteroatoms. The normalized spacial score (nSPS) is 12.4. The molecule has 102 valence electrons. The predicted molar refractivity (Wildman–Crippen MR) is 76.2 cm³/mol. The second-order valence-corrected chi connectivity index (χ2v) is 4.91. The fourth-order valence-corrected chi connectivity index (χ4v) is 2.22. The van der Waals surface area contributed by atoms with Crippen molar-refractivity contribution in [3.05, 3.63) is 47.3 Å². The van der Waals surface area contributed by atoms with Gasteiger partial charge in [-0.15, -0.1) is 0 Å². The van der Waals surface area contributed by atoms with Crippen molar-refractivity contribution in [3.8, 4) is 5.75 Å². The minimum atomic E-state index is -0.0185. The van der Waals surface area contributed by atoms with Crippen molar-refractivity contribution in [2.75, 3.05) is 7.11 Å². The SMILES string of the molecule is COc1ccc(C)cc1C(N)CCc1cnn(C)c1. The lowest BCUT2D eigenvalue weighted by Gasteiger charge is -2.16. The summed E-state index contributed by atoms with van der Waals surface area (Å²) in [6.45, 7) is 2.07. The third-order valence-electron chi connectivity index (χ3n) is 3.29. The fourth-order valence-electron chi connectivity index (χ4n) is 2.22. The summed E-state index contributed by atoms with van der Waals surface area (Å²) in [6, 6.07) is 6.10. The molecule has 2 aromatic rings. The van der Waals surface area contributed by atoms with Gasteiger partial charge in [0.2, 0.25) is 0 Å². The molecule has 0 amide bonds. The minimum Gasteiger partial charge on any atom is -0.496 e. The van der Waals surface area contributed by atoms with Gasteiger partial charge < -0.3 is 10.5 Å². The molecule has 1 aromatic heterocycles. The van der Waals surface area contributed by atoms with Crippen LogP contribution >= 0.6 is 0 Å². The maximum atomic E-state index is 6.29. The molecule has 0 bridgehead atoms. The highest BCUT2D eigenvalue weighted by atomic mass is 16.5. The number of benzene rings is 1. The molecule has 1 heterocycles. The molecule has 4 nitrogen and oxygen atoms in total. The molecule has 2 rings (SSSR count). The van der Waals surface area contributed by atoms with Crippen molar-refractivity contribution < 1.29 is 4.74 Å².